The van der Waals surface area contributed by atoms with Gasteiger partial charge in [-0.15, -0.1) is 0 Å². The van der Waals surface area contributed by atoms with E-state index in [0.29, 0.717) is 12.0 Å². The second-order valence-corrected chi connectivity index (χ2v) is 7.84. The van der Waals surface area contributed by atoms with Gasteiger partial charge in [0.05, 0.1) is 16.7 Å². The SMILES string of the molecule is O=C(c1ccc(Br)cc1)N1N=C(c2ccccc2)C[C@@H]1c1nc2ccccc2[nH]1. The average molecular weight is 445 g/mol. The fourth-order valence-electron chi connectivity index (χ4n) is 3.57. The molecule has 5 nitrogen and oxygen atoms in total. The quantitative estimate of drug-likeness (QED) is 0.464. The topological polar surface area (TPSA) is 61.4 Å². The number of hydrogen-bond acceptors (Lipinski definition) is 3. The number of nitrogens with one attached hydrogen (secondary N) is 1. The standard InChI is InChI=1S/C23H17BrN4O/c24-17-12-10-16(11-13-17)23(29)28-21(14-20(27-28)15-6-2-1-3-7-15)22-25-18-8-4-5-9-19(18)26-22/h1-13,21H,14H2,(H,25,26)/t21-/m1/s1. The Kier molecular flexibility index (Phi) is 4.48. The van der Waals surface area contributed by atoms with Crippen LogP contribution in [0.25, 0.3) is 11.0 Å². The molecule has 4 aromatic rings. The fourth-order valence-corrected chi connectivity index (χ4v) is 3.84. The molecule has 142 valence electrons. The Hall–Kier alpha value is -3.25. The maximum atomic E-state index is 13.3. The lowest BCUT2D eigenvalue weighted by Crippen LogP contribution is -2.27. The van der Waals surface area contributed by atoms with Crippen molar-refractivity contribution in [3.8, 4) is 0 Å². The van der Waals surface area contributed by atoms with Crippen molar-refractivity contribution in [3.05, 3.63) is 100 Å². The largest absolute Gasteiger partial charge is 0.340 e. The van der Waals surface area contributed by atoms with E-state index in [-0.39, 0.29) is 11.9 Å². The Balaban J connectivity index is 1.56. The van der Waals surface area contributed by atoms with E-state index in [1.165, 1.54) is 0 Å². The molecule has 0 saturated carbocycles. The number of carbonyl (C=O) groups excluding carboxylic acids is 1. The van der Waals surface area contributed by atoms with Crippen LogP contribution in [0.2, 0.25) is 0 Å². The van der Waals surface area contributed by atoms with Gasteiger partial charge in [-0.2, -0.15) is 5.10 Å². The van der Waals surface area contributed by atoms with Crippen molar-refractivity contribution in [1.82, 2.24) is 15.0 Å². The molecule has 29 heavy (non-hydrogen) atoms. The van der Waals surface area contributed by atoms with Gasteiger partial charge >= 0.3 is 0 Å². The molecular formula is C23H17BrN4O. The summed E-state index contributed by atoms with van der Waals surface area (Å²) in [4.78, 5) is 21.4. The van der Waals surface area contributed by atoms with Gasteiger partial charge in [-0.3, -0.25) is 4.79 Å². The first-order valence-electron chi connectivity index (χ1n) is 9.36. The molecular weight excluding hydrogens is 428 g/mol. The number of carbonyl (C=O) groups is 1. The second kappa shape index (κ2) is 7.29. The van der Waals surface area contributed by atoms with Gasteiger partial charge in [0, 0.05) is 16.5 Å². The van der Waals surface area contributed by atoms with Crippen LogP contribution < -0.4 is 0 Å². The molecule has 0 unspecified atom stereocenters. The molecule has 0 spiro atoms. The maximum absolute atomic E-state index is 13.3. The molecule has 0 fully saturated rings. The van der Waals surface area contributed by atoms with Crippen LogP contribution in [0.15, 0.2) is 88.4 Å². The predicted octanol–water partition coefficient (Wildman–Crippen LogP) is 5.32. The normalized spacial score (nSPS) is 16.2. The highest BCUT2D eigenvalue weighted by atomic mass is 79.9. The molecule has 0 bridgehead atoms. The number of fused-ring (bicyclic) bond motifs is 1. The summed E-state index contributed by atoms with van der Waals surface area (Å²) in [6.45, 7) is 0. The van der Waals surface area contributed by atoms with Crippen LogP contribution in [0, 0.1) is 0 Å². The summed E-state index contributed by atoms with van der Waals surface area (Å²) in [6.07, 6.45) is 0.603. The molecule has 0 saturated heterocycles. The van der Waals surface area contributed by atoms with Crippen LogP contribution in [0.3, 0.4) is 0 Å². The Bertz CT molecular complexity index is 1180. The lowest BCUT2D eigenvalue weighted by molar-refractivity contribution is 0.0705. The van der Waals surface area contributed by atoms with Gasteiger partial charge in [0.25, 0.3) is 5.91 Å². The maximum Gasteiger partial charge on any atom is 0.274 e. The average Bonchev–Trinajstić information content (AvgIpc) is 3.39. The second-order valence-electron chi connectivity index (χ2n) is 6.93. The predicted molar refractivity (Wildman–Crippen MR) is 117 cm³/mol. The highest BCUT2D eigenvalue weighted by molar-refractivity contribution is 9.10. The number of para-hydroxylation sites is 2. The first kappa shape index (κ1) is 17.8. The van der Waals surface area contributed by atoms with Crippen molar-refractivity contribution < 1.29 is 4.79 Å². The zero-order valence-corrected chi connectivity index (χ0v) is 17.0. The van der Waals surface area contributed by atoms with Crippen molar-refractivity contribution in [2.45, 2.75) is 12.5 Å². The van der Waals surface area contributed by atoms with E-state index in [2.05, 4.69) is 20.9 Å². The molecule has 0 aliphatic carbocycles. The van der Waals surface area contributed by atoms with Gasteiger partial charge in [0.1, 0.15) is 11.9 Å². The van der Waals surface area contributed by atoms with Crippen molar-refractivity contribution >= 4 is 38.6 Å². The lowest BCUT2D eigenvalue weighted by atomic mass is 10.0. The van der Waals surface area contributed by atoms with E-state index in [1.807, 2.05) is 66.7 Å². The van der Waals surface area contributed by atoms with Crippen LogP contribution >= 0.6 is 15.9 Å². The summed E-state index contributed by atoms with van der Waals surface area (Å²) in [5.41, 5.74) is 4.31. The fraction of sp³-hybridized carbons (Fsp3) is 0.0870. The van der Waals surface area contributed by atoms with Crippen LogP contribution in [0.4, 0.5) is 0 Å². The summed E-state index contributed by atoms with van der Waals surface area (Å²) >= 11 is 3.42. The third-order valence-electron chi connectivity index (χ3n) is 5.04. The van der Waals surface area contributed by atoms with Crippen molar-refractivity contribution in [1.29, 1.82) is 0 Å². The number of hydrogen-bond donors (Lipinski definition) is 1. The van der Waals surface area contributed by atoms with E-state index in [1.54, 1.807) is 17.1 Å². The van der Waals surface area contributed by atoms with Crippen LogP contribution in [-0.2, 0) is 0 Å². The molecule has 1 aliphatic rings. The molecule has 1 aromatic heterocycles. The van der Waals surface area contributed by atoms with Crippen molar-refractivity contribution in [2.75, 3.05) is 0 Å². The highest BCUT2D eigenvalue weighted by Gasteiger charge is 2.35. The summed E-state index contributed by atoms with van der Waals surface area (Å²) in [6, 6.07) is 24.9. The van der Waals surface area contributed by atoms with Crippen LogP contribution in [-0.4, -0.2) is 26.6 Å². The van der Waals surface area contributed by atoms with Gasteiger partial charge in [-0.1, -0.05) is 58.4 Å². The van der Waals surface area contributed by atoms with Crippen molar-refractivity contribution in [2.24, 2.45) is 5.10 Å². The summed E-state index contributed by atoms with van der Waals surface area (Å²) < 4.78 is 0.929. The third kappa shape index (κ3) is 3.36. The Morgan fingerprint density at radius 3 is 2.45 bits per heavy atom. The zero-order chi connectivity index (χ0) is 19.8. The van der Waals surface area contributed by atoms with E-state index in [0.717, 1.165) is 32.6 Å². The number of aromatic amines is 1. The van der Waals surface area contributed by atoms with E-state index in [4.69, 9.17) is 10.1 Å². The van der Waals surface area contributed by atoms with E-state index in [9.17, 15) is 4.79 Å². The number of hydrazone groups is 1. The molecule has 1 atom stereocenters. The summed E-state index contributed by atoms with van der Waals surface area (Å²) in [7, 11) is 0. The number of benzene rings is 3. The molecule has 5 rings (SSSR count). The molecule has 1 amide bonds. The minimum atomic E-state index is -0.284. The number of rotatable bonds is 3. The summed E-state index contributed by atoms with van der Waals surface area (Å²) in [5.74, 6) is 0.597. The molecule has 1 aliphatic heterocycles. The Morgan fingerprint density at radius 2 is 1.69 bits per heavy atom. The van der Waals surface area contributed by atoms with Gasteiger partial charge in [-0.05, 0) is 42.0 Å². The number of imidazole rings is 1. The minimum absolute atomic E-state index is 0.145. The first-order chi connectivity index (χ1) is 14.2. The Morgan fingerprint density at radius 1 is 0.966 bits per heavy atom. The van der Waals surface area contributed by atoms with Gasteiger partial charge in [0.2, 0.25) is 0 Å². The minimum Gasteiger partial charge on any atom is -0.340 e. The number of nitrogens with zero attached hydrogens (tertiary/aromatic N) is 3. The molecule has 6 heteroatoms. The molecule has 3 aromatic carbocycles. The molecule has 2 heterocycles. The summed E-state index contributed by atoms with van der Waals surface area (Å²) in [5, 5.41) is 6.27. The van der Waals surface area contributed by atoms with Gasteiger partial charge in [0.15, 0.2) is 0 Å². The van der Waals surface area contributed by atoms with Gasteiger partial charge < -0.3 is 4.98 Å². The van der Waals surface area contributed by atoms with E-state index >= 15 is 0 Å². The third-order valence-corrected chi connectivity index (χ3v) is 5.57. The highest BCUT2D eigenvalue weighted by Crippen LogP contribution is 2.33. The monoisotopic (exact) mass is 444 g/mol. The lowest BCUT2D eigenvalue weighted by Gasteiger charge is -2.20. The van der Waals surface area contributed by atoms with Crippen LogP contribution in [0.1, 0.15) is 34.2 Å². The van der Waals surface area contributed by atoms with Crippen molar-refractivity contribution in [3.63, 3.8) is 0 Å². The molecule has 1 N–H and O–H groups in total. The zero-order valence-electron chi connectivity index (χ0n) is 15.4. The number of halogens is 1. The Labute approximate surface area is 176 Å². The first-order valence-corrected chi connectivity index (χ1v) is 10.1. The smallest absolute Gasteiger partial charge is 0.274 e. The molecule has 0 radical (unpaired) electrons. The number of H-pyrrole nitrogens is 1. The number of aromatic nitrogens is 2. The van der Waals surface area contributed by atoms with Gasteiger partial charge in [-0.25, -0.2) is 9.99 Å². The van der Waals surface area contributed by atoms with Crippen LogP contribution in [0.5, 0.6) is 0 Å². The number of amides is 1. The van der Waals surface area contributed by atoms with E-state index < -0.39 is 0 Å².